The van der Waals surface area contributed by atoms with Gasteiger partial charge in [0.25, 0.3) is 5.91 Å². The van der Waals surface area contributed by atoms with Crippen molar-refractivity contribution in [3.05, 3.63) is 83.6 Å². The summed E-state index contributed by atoms with van der Waals surface area (Å²) in [7, 11) is 4.46. The summed E-state index contributed by atoms with van der Waals surface area (Å²) in [6.07, 6.45) is 0. The highest BCUT2D eigenvalue weighted by molar-refractivity contribution is 6.20. The number of H-pyrrole nitrogens is 1. The van der Waals surface area contributed by atoms with E-state index in [4.69, 9.17) is 14.2 Å². The van der Waals surface area contributed by atoms with Crippen LogP contribution in [-0.4, -0.2) is 38.0 Å². The second-order valence-corrected chi connectivity index (χ2v) is 6.98. The number of amides is 1. The molecule has 0 fully saturated rings. The van der Waals surface area contributed by atoms with E-state index in [-0.39, 0.29) is 5.78 Å². The molecular weight excluding hydrogens is 408 g/mol. The first-order valence-electron chi connectivity index (χ1n) is 9.89. The topological polar surface area (TPSA) is 89.7 Å². The van der Waals surface area contributed by atoms with Crippen LogP contribution >= 0.6 is 0 Å². The minimum Gasteiger partial charge on any atom is -0.493 e. The zero-order chi connectivity index (χ0) is 22.7. The van der Waals surface area contributed by atoms with Gasteiger partial charge in [0.2, 0.25) is 11.5 Å². The van der Waals surface area contributed by atoms with Crippen molar-refractivity contribution < 1.29 is 23.8 Å². The lowest BCUT2D eigenvalue weighted by Gasteiger charge is -2.14. The molecule has 0 aliphatic heterocycles. The van der Waals surface area contributed by atoms with Gasteiger partial charge in [0.15, 0.2) is 11.5 Å². The maximum Gasteiger partial charge on any atom is 0.256 e. The van der Waals surface area contributed by atoms with Crippen molar-refractivity contribution in [3.8, 4) is 17.2 Å². The number of aromatic amines is 1. The van der Waals surface area contributed by atoms with Crippen molar-refractivity contribution in [1.82, 2.24) is 4.98 Å². The minimum absolute atomic E-state index is 0.220. The molecule has 162 valence electrons. The van der Waals surface area contributed by atoms with Gasteiger partial charge in [-0.1, -0.05) is 48.5 Å². The maximum atomic E-state index is 13.2. The zero-order valence-corrected chi connectivity index (χ0v) is 17.9. The molecule has 1 heterocycles. The SMILES string of the molecule is COc1cc(C(=O)Nc2c(C(=O)c3ccccc3)[nH]c3ccccc23)cc(OC)c1OC. The molecule has 1 amide bonds. The Kier molecular flexibility index (Phi) is 5.81. The number of carbonyl (C=O) groups excluding carboxylic acids is 2. The Balaban J connectivity index is 1.78. The van der Waals surface area contributed by atoms with Crippen LogP contribution in [0.15, 0.2) is 66.7 Å². The van der Waals surface area contributed by atoms with Gasteiger partial charge >= 0.3 is 0 Å². The van der Waals surface area contributed by atoms with E-state index in [1.165, 1.54) is 21.3 Å². The quantitative estimate of drug-likeness (QED) is 0.416. The number of methoxy groups -OCH3 is 3. The lowest BCUT2D eigenvalue weighted by Crippen LogP contribution is -2.15. The van der Waals surface area contributed by atoms with E-state index in [1.807, 2.05) is 30.3 Å². The number of carbonyl (C=O) groups is 2. The first-order valence-corrected chi connectivity index (χ1v) is 9.89. The Bertz CT molecular complexity index is 1270. The van der Waals surface area contributed by atoms with Crippen LogP contribution < -0.4 is 19.5 Å². The number of anilines is 1. The van der Waals surface area contributed by atoms with Gasteiger partial charge in [0.1, 0.15) is 5.69 Å². The number of hydrogen-bond donors (Lipinski definition) is 2. The molecule has 3 aromatic carbocycles. The largest absolute Gasteiger partial charge is 0.493 e. The Morgan fingerprint density at radius 1 is 0.781 bits per heavy atom. The number of para-hydroxylation sites is 1. The first kappa shape index (κ1) is 21.0. The van der Waals surface area contributed by atoms with E-state index < -0.39 is 5.91 Å². The van der Waals surface area contributed by atoms with Crippen molar-refractivity contribution in [3.63, 3.8) is 0 Å². The van der Waals surface area contributed by atoms with Gasteiger partial charge in [-0.2, -0.15) is 0 Å². The summed E-state index contributed by atoms with van der Waals surface area (Å²) < 4.78 is 16.0. The summed E-state index contributed by atoms with van der Waals surface area (Å²) in [6.45, 7) is 0. The number of rotatable bonds is 7. The highest BCUT2D eigenvalue weighted by atomic mass is 16.5. The van der Waals surface area contributed by atoms with Crippen LogP contribution in [0.4, 0.5) is 5.69 Å². The molecule has 0 saturated carbocycles. The summed E-state index contributed by atoms with van der Waals surface area (Å²) >= 11 is 0. The van der Waals surface area contributed by atoms with Gasteiger partial charge in [-0.05, 0) is 18.2 Å². The number of nitrogens with one attached hydrogen (secondary N) is 2. The number of aromatic nitrogens is 1. The molecule has 32 heavy (non-hydrogen) atoms. The van der Waals surface area contributed by atoms with Crippen LogP contribution in [0.2, 0.25) is 0 Å². The number of fused-ring (bicyclic) bond motifs is 1. The monoisotopic (exact) mass is 430 g/mol. The molecule has 0 aliphatic carbocycles. The third-order valence-corrected chi connectivity index (χ3v) is 5.13. The van der Waals surface area contributed by atoms with Crippen molar-refractivity contribution in [1.29, 1.82) is 0 Å². The van der Waals surface area contributed by atoms with E-state index in [9.17, 15) is 9.59 Å². The van der Waals surface area contributed by atoms with Gasteiger partial charge in [0, 0.05) is 22.0 Å². The molecule has 4 aromatic rings. The maximum absolute atomic E-state index is 13.2. The van der Waals surface area contributed by atoms with E-state index in [0.29, 0.717) is 39.8 Å². The lowest BCUT2D eigenvalue weighted by molar-refractivity contribution is 0.102. The fourth-order valence-electron chi connectivity index (χ4n) is 3.57. The third kappa shape index (κ3) is 3.76. The summed E-state index contributed by atoms with van der Waals surface area (Å²) in [4.78, 5) is 29.6. The van der Waals surface area contributed by atoms with Gasteiger partial charge in [0.05, 0.1) is 27.0 Å². The fraction of sp³-hybridized carbons (Fsp3) is 0.120. The number of benzene rings is 3. The average Bonchev–Trinajstić information content (AvgIpc) is 3.21. The first-order chi connectivity index (χ1) is 15.6. The average molecular weight is 430 g/mol. The molecular formula is C25H22N2O5. The molecule has 7 nitrogen and oxygen atoms in total. The van der Waals surface area contributed by atoms with Crippen LogP contribution in [0.5, 0.6) is 17.2 Å². The molecule has 0 bridgehead atoms. The molecule has 2 N–H and O–H groups in total. The number of ether oxygens (including phenoxy) is 3. The summed E-state index contributed by atoms with van der Waals surface area (Å²) in [6, 6.07) is 19.4. The fourth-order valence-corrected chi connectivity index (χ4v) is 3.57. The van der Waals surface area contributed by atoms with Crippen molar-refractivity contribution >= 4 is 28.3 Å². The van der Waals surface area contributed by atoms with E-state index >= 15 is 0 Å². The predicted molar refractivity (Wildman–Crippen MR) is 122 cm³/mol. The van der Waals surface area contributed by atoms with Gasteiger partial charge < -0.3 is 24.5 Å². The van der Waals surface area contributed by atoms with Crippen LogP contribution in [0.1, 0.15) is 26.4 Å². The molecule has 7 heteroatoms. The highest BCUT2D eigenvalue weighted by Crippen LogP contribution is 2.38. The van der Waals surface area contributed by atoms with Gasteiger partial charge in [-0.25, -0.2) is 0 Å². The Morgan fingerprint density at radius 3 is 2.03 bits per heavy atom. The van der Waals surface area contributed by atoms with Crippen LogP contribution in [0.25, 0.3) is 10.9 Å². The van der Waals surface area contributed by atoms with Crippen LogP contribution in [-0.2, 0) is 0 Å². The standard InChI is InChI=1S/C25H22N2O5/c1-30-19-13-16(14-20(31-2)24(19)32-3)25(29)27-21-17-11-7-8-12-18(17)26-22(21)23(28)15-9-5-4-6-10-15/h4-14,26H,1-3H3,(H,27,29). The molecule has 4 rings (SSSR count). The van der Waals surface area contributed by atoms with Crippen molar-refractivity contribution in [2.24, 2.45) is 0 Å². The Morgan fingerprint density at radius 2 is 1.41 bits per heavy atom. The number of ketones is 1. The van der Waals surface area contributed by atoms with Crippen molar-refractivity contribution in [2.75, 3.05) is 26.6 Å². The predicted octanol–water partition coefficient (Wildman–Crippen LogP) is 4.68. The molecule has 0 spiro atoms. The lowest BCUT2D eigenvalue weighted by atomic mass is 10.1. The number of hydrogen-bond acceptors (Lipinski definition) is 5. The zero-order valence-electron chi connectivity index (χ0n) is 17.9. The molecule has 0 radical (unpaired) electrons. The smallest absolute Gasteiger partial charge is 0.256 e. The summed E-state index contributed by atoms with van der Waals surface area (Å²) in [5, 5.41) is 3.63. The summed E-state index contributed by atoms with van der Waals surface area (Å²) in [5.74, 6) is 0.463. The highest BCUT2D eigenvalue weighted by Gasteiger charge is 2.23. The molecule has 1 aromatic heterocycles. The van der Waals surface area contributed by atoms with Crippen LogP contribution in [0.3, 0.4) is 0 Å². The Hall–Kier alpha value is -4.26. The Labute approximate surface area is 184 Å². The van der Waals surface area contributed by atoms with Gasteiger partial charge in [-0.3, -0.25) is 9.59 Å². The van der Waals surface area contributed by atoms with Crippen molar-refractivity contribution in [2.45, 2.75) is 0 Å². The van der Waals surface area contributed by atoms with Gasteiger partial charge in [-0.15, -0.1) is 0 Å². The van der Waals surface area contributed by atoms with Crippen LogP contribution in [0, 0.1) is 0 Å². The minimum atomic E-state index is -0.420. The van der Waals surface area contributed by atoms with E-state index in [1.54, 1.807) is 36.4 Å². The third-order valence-electron chi connectivity index (χ3n) is 5.13. The summed E-state index contributed by atoms with van der Waals surface area (Å²) in [5.41, 5.74) is 2.27. The molecule has 0 saturated heterocycles. The molecule has 0 unspecified atom stereocenters. The second-order valence-electron chi connectivity index (χ2n) is 6.98. The van der Waals surface area contributed by atoms with E-state index in [0.717, 1.165) is 10.9 Å². The normalized spacial score (nSPS) is 10.6. The molecule has 0 atom stereocenters. The second kappa shape index (κ2) is 8.85. The van der Waals surface area contributed by atoms with E-state index in [2.05, 4.69) is 10.3 Å². The molecule has 0 aliphatic rings.